The van der Waals surface area contributed by atoms with Gasteiger partial charge in [-0.1, -0.05) is 19.8 Å². The lowest BCUT2D eigenvalue weighted by Crippen LogP contribution is -2.46. The lowest BCUT2D eigenvalue weighted by atomic mass is 9.79. The van der Waals surface area contributed by atoms with Crippen molar-refractivity contribution in [3.8, 4) is 0 Å². The molecule has 5 nitrogen and oxygen atoms in total. The Morgan fingerprint density at radius 3 is 2.67 bits per heavy atom. The van der Waals surface area contributed by atoms with Crippen LogP contribution in [0.15, 0.2) is 0 Å². The molecule has 0 aliphatic heterocycles. The van der Waals surface area contributed by atoms with Crippen molar-refractivity contribution >= 4 is 11.9 Å². The van der Waals surface area contributed by atoms with E-state index >= 15 is 0 Å². The van der Waals surface area contributed by atoms with Crippen LogP contribution >= 0.6 is 0 Å². The second-order valence-corrected chi connectivity index (χ2v) is 5.93. The topological polar surface area (TPSA) is 86.6 Å². The number of carboxylic acid groups (broad SMARTS) is 1. The lowest BCUT2D eigenvalue weighted by molar-refractivity contribution is -0.140. The van der Waals surface area contributed by atoms with Crippen molar-refractivity contribution in [2.45, 2.75) is 44.6 Å². The number of hydrogen-bond acceptors (Lipinski definition) is 3. The predicted octanol–water partition coefficient (Wildman–Crippen LogP) is 0.764. The first-order valence-corrected chi connectivity index (χ1v) is 6.64. The van der Waals surface area contributed by atoms with E-state index in [0.29, 0.717) is 25.2 Å². The number of amides is 1. The van der Waals surface area contributed by atoms with Gasteiger partial charge in [0, 0.05) is 6.54 Å². The predicted molar refractivity (Wildman–Crippen MR) is 64.8 cm³/mol. The van der Waals surface area contributed by atoms with Gasteiger partial charge in [0.15, 0.2) is 0 Å². The van der Waals surface area contributed by atoms with Crippen molar-refractivity contribution in [1.29, 1.82) is 0 Å². The molecule has 3 N–H and O–H groups in total. The molecule has 1 amide bonds. The van der Waals surface area contributed by atoms with E-state index in [4.69, 9.17) is 5.11 Å². The largest absolute Gasteiger partial charge is 0.481 e. The molecule has 5 heteroatoms. The Hall–Kier alpha value is -1.10. The van der Waals surface area contributed by atoms with Gasteiger partial charge in [0.2, 0.25) is 5.91 Å². The first-order valence-electron chi connectivity index (χ1n) is 6.64. The Morgan fingerprint density at radius 1 is 1.39 bits per heavy atom. The van der Waals surface area contributed by atoms with E-state index in [9.17, 15) is 14.7 Å². The first-order chi connectivity index (χ1) is 8.41. The summed E-state index contributed by atoms with van der Waals surface area (Å²) in [6.07, 6.45) is 3.95. The highest BCUT2D eigenvalue weighted by atomic mass is 16.4. The standard InChI is InChI=1S/C13H21NO4/c1-8-3-2-4-13(18,6-8)7-14-11(15)9-5-10(9)12(16)17/h8-10,18H,2-7H2,1H3,(H,14,15)(H,16,17)/t8?,9-,10+,13?/m1/s1. The van der Waals surface area contributed by atoms with Gasteiger partial charge in [-0.15, -0.1) is 0 Å². The number of carboxylic acids is 1. The van der Waals surface area contributed by atoms with Gasteiger partial charge in [0.1, 0.15) is 0 Å². The number of aliphatic carboxylic acids is 1. The van der Waals surface area contributed by atoms with Crippen molar-refractivity contribution in [1.82, 2.24) is 5.32 Å². The summed E-state index contributed by atoms with van der Waals surface area (Å²) >= 11 is 0. The van der Waals surface area contributed by atoms with E-state index < -0.39 is 23.4 Å². The molecule has 0 radical (unpaired) electrons. The van der Waals surface area contributed by atoms with E-state index in [2.05, 4.69) is 12.2 Å². The molecule has 0 aromatic heterocycles. The van der Waals surface area contributed by atoms with Gasteiger partial charge in [-0.3, -0.25) is 9.59 Å². The van der Waals surface area contributed by atoms with E-state index in [-0.39, 0.29) is 12.5 Å². The Kier molecular flexibility index (Phi) is 3.61. The molecular formula is C13H21NO4. The minimum absolute atomic E-state index is 0.228. The summed E-state index contributed by atoms with van der Waals surface area (Å²) in [5.41, 5.74) is -0.805. The molecule has 0 saturated heterocycles. The van der Waals surface area contributed by atoms with Crippen LogP contribution in [0, 0.1) is 17.8 Å². The summed E-state index contributed by atoms with van der Waals surface area (Å²) in [5, 5.41) is 21.8. The van der Waals surface area contributed by atoms with E-state index in [1.54, 1.807) is 0 Å². The van der Waals surface area contributed by atoms with Crippen LogP contribution in [0.25, 0.3) is 0 Å². The quantitative estimate of drug-likeness (QED) is 0.692. The summed E-state index contributed by atoms with van der Waals surface area (Å²) in [6.45, 7) is 2.35. The number of nitrogens with one attached hydrogen (secondary N) is 1. The van der Waals surface area contributed by atoms with Crippen LogP contribution in [0.4, 0.5) is 0 Å². The molecule has 0 aromatic rings. The Balaban J connectivity index is 1.78. The van der Waals surface area contributed by atoms with Crippen LogP contribution in [-0.2, 0) is 9.59 Å². The highest BCUT2D eigenvalue weighted by molar-refractivity contribution is 5.89. The molecule has 2 unspecified atom stereocenters. The summed E-state index contributed by atoms with van der Waals surface area (Å²) in [4.78, 5) is 22.4. The number of carbonyl (C=O) groups is 2. The minimum atomic E-state index is -0.903. The van der Waals surface area contributed by atoms with Crippen LogP contribution < -0.4 is 5.32 Å². The Labute approximate surface area is 107 Å². The Bertz CT molecular complexity index is 357. The maximum atomic E-state index is 11.7. The van der Waals surface area contributed by atoms with Crippen molar-refractivity contribution in [3.63, 3.8) is 0 Å². The van der Waals surface area contributed by atoms with Crippen LogP contribution in [0.5, 0.6) is 0 Å². The fourth-order valence-corrected chi connectivity index (χ4v) is 2.93. The maximum absolute atomic E-state index is 11.7. The second-order valence-electron chi connectivity index (χ2n) is 5.93. The van der Waals surface area contributed by atoms with E-state index in [0.717, 1.165) is 12.8 Å². The molecule has 18 heavy (non-hydrogen) atoms. The van der Waals surface area contributed by atoms with Gasteiger partial charge >= 0.3 is 5.97 Å². The average Bonchev–Trinajstić information content (AvgIpc) is 3.05. The third-order valence-corrected chi connectivity index (χ3v) is 4.10. The molecule has 4 atom stereocenters. The van der Waals surface area contributed by atoms with Crippen LogP contribution in [-0.4, -0.2) is 34.2 Å². The molecule has 2 fully saturated rings. The number of carbonyl (C=O) groups excluding carboxylic acids is 1. The normalized spacial score (nSPS) is 39.1. The lowest BCUT2D eigenvalue weighted by Gasteiger charge is -2.35. The fourth-order valence-electron chi connectivity index (χ4n) is 2.93. The van der Waals surface area contributed by atoms with Crippen LogP contribution in [0.2, 0.25) is 0 Å². The van der Waals surface area contributed by atoms with Gasteiger partial charge in [0.25, 0.3) is 0 Å². The average molecular weight is 255 g/mol. The summed E-state index contributed by atoms with van der Waals surface area (Å²) in [7, 11) is 0. The third kappa shape index (κ3) is 3.02. The van der Waals surface area contributed by atoms with Crippen molar-refractivity contribution in [2.24, 2.45) is 17.8 Å². The minimum Gasteiger partial charge on any atom is -0.481 e. The van der Waals surface area contributed by atoms with Crippen molar-refractivity contribution < 1.29 is 19.8 Å². The van der Waals surface area contributed by atoms with Crippen LogP contribution in [0.1, 0.15) is 39.0 Å². The number of rotatable bonds is 4. The van der Waals surface area contributed by atoms with Gasteiger partial charge in [0.05, 0.1) is 17.4 Å². The molecular weight excluding hydrogens is 234 g/mol. The summed E-state index contributed by atoms with van der Waals surface area (Å²) in [6, 6.07) is 0. The highest BCUT2D eigenvalue weighted by Gasteiger charge is 2.48. The van der Waals surface area contributed by atoms with Gasteiger partial charge in [-0.25, -0.2) is 0 Å². The number of hydrogen-bond donors (Lipinski definition) is 3. The van der Waals surface area contributed by atoms with E-state index in [1.807, 2.05) is 0 Å². The fraction of sp³-hybridized carbons (Fsp3) is 0.846. The monoisotopic (exact) mass is 255 g/mol. The smallest absolute Gasteiger partial charge is 0.307 e. The van der Waals surface area contributed by atoms with Crippen molar-refractivity contribution in [2.75, 3.05) is 6.54 Å². The molecule has 2 aliphatic carbocycles. The molecule has 2 saturated carbocycles. The molecule has 102 valence electrons. The summed E-state index contributed by atoms with van der Waals surface area (Å²) in [5.74, 6) is -1.57. The Morgan fingerprint density at radius 2 is 2.11 bits per heavy atom. The van der Waals surface area contributed by atoms with Gasteiger partial charge in [-0.05, 0) is 25.2 Å². The molecule has 0 heterocycles. The molecule has 0 bridgehead atoms. The van der Waals surface area contributed by atoms with Gasteiger partial charge in [-0.2, -0.15) is 0 Å². The molecule has 0 aromatic carbocycles. The highest BCUT2D eigenvalue weighted by Crippen LogP contribution is 2.39. The first kappa shape index (κ1) is 13.3. The number of aliphatic hydroxyl groups is 1. The maximum Gasteiger partial charge on any atom is 0.307 e. The second kappa shape index (κ2) is 4.88. The zero-order chi connectivity index (χ0) is 13.3. The summed E-state index contributed by atoms with van der Waals surface area (Å²) < 4.78 is 0. The van der Waals surface area contributed by atoms with Crippen LogP contribution in [0.3, 0.4) is 0 Å². The van der Waals surface area contributed by atoms with Crippen molar-refractivity contribution in [3.05, 3.63) is 0 Å². The molecule has 2 aliphatic rings. The zero-order valence-corrected chi connectivity index (χ0v) is 10.7. The molecule has 2 rings (SSSR count). The zero-order valence-electron chi connectivity index (χ0n) is 10.7. The SMILES string of the molecule is CC1CCCC(O)(CNC(=O)[C@@H]2C[C@@H]2C(=O)O)C1. The third-order valence-electron chi connectivity index (χ3n) is 4.10. The van der Waals surface area contributed by atoms with E-state index in [1.165, 1.54) is 0 Å². The molecule has 0 spiro atoms. The van der Waals surface area contributed by atoms with Gasteiger partial charge < -0.3 is 15.5 Å².